The SMILES string of the molecule is Cc1ncc2c(n1)C[C@@H]1CC[C@H]2N1S(=O)(=O)c1ccccc1. The van der Waals surface area contributed by atoms with Gasteiger partial charge in [0, 0.05) is 24.2 Å². The lowest BCUT2D eigenvalue weighted by Crippen LogP contribution is -2.42. The van der Waals surface area contributed by atoms with Gasteiger partial charge in [0.15, 0.2) is 0 Å². The van der Waals surface area contributed by atoms with Gasteiger partial charge < -0.3 is 0 Å². The zero-order valence-corrected chi connectivity index (χ0v) is 13.1. The van der Waals surface area contributed by atoms with E-state index in [9.17, 15) is 8.42 Å². The van der Waals surface area contributed by atoms with E-state index in [1.807, 2.05) is 13.0 Å². The van der Waals surface area contributed by atoms with Crippen molar-refractivity contribution in [2.45, 2.75) is 43.2 Å². The first-order chi connectivity index (χ1) is 10.6. The maximum atomic E-state index is 13.0. The molecule has 2 bridgehead atoms. The molecule has 2 aliphatic rings. The zero-order chi connectivity index (χ0) is 15.3. The molecule has 2 aliphatic heterocycles. The summed E-state index contributed by atoms with van der Waals surface area (Å²) in [5, 5.41) is 0. The molecule has 1 saturated heterocycles. The number of aryl methyl sites for hydroxylation is 1. The number of benzene rings is 1. The molecule has 2 atom stereocenters. The highest BCUT2D eigenvalue weighted by Gasteiger charge is 2.47. The fourth-order valence-electron chi connectivity index (χ4n) is 3.61. The molecule has 2 aromatic rings. The van der Waals surface area contributed by atoms with Crippen molar-refractivity contribution in [3.05, 3.63) is 53.6 Å². The van der Waals surface area contributed by atoms with Crippen molar-refractivity contribution >= 4 is 10.0 Å². The lowest BCUT2D eigenvalue weighted by Gasteiger charge is -2.34. The lowest BCUT2D eigenvalue weighted by molar-refractivity contribution is 0.300. The van der Waals surface area contributed by atoms with E-state index in [1.165, 1.54) is 0 Å². The maximum absolute atomic E-state index is 13.0. The van der Waals surface area contributed by atoms with Crippen LogP contribution in [0, 0.1) is 6.92 Å². The minimum Gasteiger partial charge on any atom is -0.241 e. The number of sulfonamides is 1. The molecule has 0 N–H and O–H groups in total. The maximum Gasteiger partial charge on any atom is 0.243 e. The van der Waals surface area contributed by atoms with Gasteiger partial charge >= 0.3 is 0 Å². The van der Waals surface area contributed by atoms with Gasteiger partial charge in [-0.3, -0.25) is 0 Å². The minimum atomic E-state index is -3.47. The predicted molar refractivity (Wildman–Crippen MR) is 81.7 cm³/mol. The number of hydrogen-bond donors (Lipinski definition) is 0. The molecule has 0 saturated carbocycles. The van der Waals surface area contributed by atoms with Gasteiger partial charge in [-0.2, -0.15) is 4.31 Å². The second-order valence-corrected chi connectivity index (χ2v) is 7.76. The van der Waals surface area contributed by atoms with E-state index in [-0.39, 0.29) is 12.1 Å². The molecule has 3 heterocycles. The van der Waals surface area contributed by atoms with Crippen LogP contribution in [-0.2, 0) is 16.4 Å². The number of aromatic nitrogens is 2. The molecule has 0 radical (unpaired) electrons. The third kappa shape index (κ3) is 1.98. The van der Waals surface area contributed by atoms with E-state index < -0.39 is 10.0 Å². The van der Waals surface area contributed by atoms with Crippen LogP contribution in [0.3, 0.4) is 0 Å². The van der Waals surface area contributed by atoms with Crippen molar-refractivity contribution in [3.63, 3.8) is 0 Å². The van der Waals surface area contributed by atoms with Gasteiger partial charge in [-0.05, 0) is 31.9 Å². The summed E-state index contributed by atoms with van der Waals surface area (Å²) in [6.45, 7) is 1.87. The molecule has 4 rings (SSSR count). The van der Waals surface area contributed by atoms with E-state index >= 15 is 0 Å². The highest BCUT2D eigenvalue weighted by molar-refractivity contribution is 7.89. The normalized spacial score (nSPS) is 24.2. The third-order valence-electron chi connectivity index (χ3n) is 4.57. The predicted octanol–water partition coefficient (Wildman–Crippen LogP) is 2.24. The number of hydrogen-bond acceptors (Lipinski definition) is 4. The molecule has 1 fully saturated rings. The summed E-state index contributed by atoms with van der Waals surface area (Å²) < 4.78 is 27.7. The van der Waals surface area contributed by atoms with Crippen LogP contribution in [0.4, 0.5) is 0 Å². The van der Waals surface area contributed by atoms with Crippen LogP contribution in [0.15, 0.2) is 41.4 Å². The quantitative estimate of drug-likeness (QED) is 0.852. The summed E-state index contributed by atoms with van der Waals surface area (Å²) in [6.07, 6.45) is 4.21. The van der Waals surface area contributed by atoms with E-state index in [0.29, 0.717) is 11.3 Å². The largest absolute Gasteiger partial charge is 0.243 e. The van der Waals surface area contributed by atoms with Gasteiger partial charge in [0.1, 0.15) is 5.82 Å². The highest BCUT2D eigenvalue weighted by atomic mass is 32.2. The Morgan fingerprint density at radius 3 is 2.73 bits per heavy atom. The second kappa shape index (κ2) is 4.86. The van der Waals surface area contributed by atoms with Crippen molar-refractivity contribution in [2.24, 2.45) is 0 Å². The van der Waals surface area contributed by atoms with Gasteiger partial charge in [0.2, 0.25) is 10.0 Å². The molecular formula is C16H17N3O2S. The Morgan fingerprint density at radius 2 is 1.95 bits per heavy atom. The first kappa shape index (κ1) is 13.8. The number of nitrogens with zero attached hydrogens (tertiary/aromatic N) is 3. The van der Waals surface area contributed by atoms with E-state index in [2.05, 4.69) is 9.97 Å². The summed E-state index contributed by atoms with van der Waals surface area (Å²) in [7, 11) is -3.47. The van der Waals surface area contributed by atoms with Gasteiger partial charge in [-0.15, -0.1) is 0 Å². The van der Waals surface area contributed by atoms with Crippen LogP contribution < -0.4 is 0 Å². The number of rotatable bonds is 2. The van der Waals surface area contributed by atoms with E-state index in [0.717, 1.165) is 29.9 Å². The Kier molecular flexibility index (Phi) is 3.06. The Labute approximate surface area is 130 Å². The van der Waals surface area contributed by atoms with Crippen molar-refractivity contribution < 1.29 is 8.42 Å². The van der Waals surface area contributed by atoms with Crippen LogP contribution in [0.1, 0.15) is 36.0 Å². The van der Waals surface area contributed by atoms with Crippen LogP contribution in [-0.4, -0.2) is 28.7 Å². The summed E-state index contributed by atoms with van der Waals surface area (Å²) >= 11 is 0. The lowest BCUT2D eigenvalue weighted by atomic mass is 10.0. The highest BCUT2D eigenvalue weighted by Crippen LogP contribution is 2.45. The molecule has 0 amide bonds. The molecule has 0 spiro atoms. The summed E-state index contributed by atoms with van der Waals surface area (Å²) in [6, 6.07) is 8.57. The molecule has 0 unspecified atom stereocenters. The average molecular weight is 315 g/mol. The Morgan fingerprint density at radius 1 is 1.18 bits per heavy atom. The zero-order valence-electron chi connectivity index (χ0n) is 12.3. The van der Waals surface area contributed by atoms with Crippen LogP contribution >= 0.6 is 0 Å². The van der Waals surface area contributed by atoms with Crippen LogP contribution in [0.2, 0.25) is 0 Å². The first-order valence-corrected chi connectivity index (χ1v) is 8.92. The molecule has 6 heteroatoms. The monoisotopic (exact) mass is 315 g/mol. The number of fused-ring (bicyclic) bond motifs is 4. The van der Waals surface area contributed by atoms with Crippen LogP contribution in [0.25, 0.3) is 0 Å². The standard InChI is InChI=1S/C16H17N3O2S/c1-11-17-10-14-15(18-11)9-12-7-8-16(14)19(12)22(20,21)13-5-3-2-4-6-13/h2-6,10,12,16H,7-9H2,1H3/t12-,16+/m0/s1. The molecular weight excluding hydrogens is 298 g/mol. The van der Waals surface area contributed by atoms with Crippen LogP contribution in [0.5, 0.6) is 0 Å². The van der Waals surface area contributed by atoms with Crippen molar-refractivity contribution in [1.29, 1.82) is 0 Å². The fraction of sp³-hybridized carbons (Fsp3) is 0.375. The fourth-order valence-corrected chi connectivity index (χ4v) is 5.48. The molecule has 0 aliphatic carbocycles. The topological polar surface area (TPSA) is 63.2 Å². The smallest absolute Gasteiger partial charge is 0.241 e. The molecule has 1 aromatic carbocycles. The van der Waals surface area contributed by atoms with Gasteiger partial charge in [-0.1, -0.05) is 18.2 Å². The summed E-state index contributed by atoms with van der Waals surface area (Å²) in [5.74, 6) is 0.748. The third-order valence-corrected chi connectivity index (χ3v) is 6.54. The van der Waals surface area contributed by atoms with Crippen molar-refractivity contribution in [2.75, 3.05) is 0 Å². The van der Waals surface area contributed by atoms with E-state index in [4.69, 9.17) is 0 Å². The molecule has 114 valence electrons. The Hall–Kier alpha value is -1.79. The Balaban J connectivity index is 1.81. The van der Waals surface area contributed by atoms with Gasteiger partial charge in [0.05, 0.1) is 16.6 Å². The summed E-state index contributed by atoms with van der Waals surface area (Å²) in [4.78, 5) is 9.14. The van der Waals surface area contributed by atoms with Crippen molar-refractivity contribution in [3.8, 4) is 0 Å². The minimum absolute atomic E-state index is 0.0111. The van der Waals surface area contributed by atoms with Gasteiger partial charge in [0.25, 0.3) is 0 Å². The summed E-state index contributed by atoms with van der Waals surface area (Å²) in [5.41, 5.74) is 1.98. The van der Waals surface area contributed by atoms with Gasteiger partial charge in [-0.25, -0.2) is 18.4 Å². The first-order valence-electron chi connectivity index (χ1n) is 7.48. The second-order valence-electron chi connectivity index (χ2n) is 5.92. The molecule has 22 heavy (non-hydrogen) atoms. The average Bonchev–Trinajstić information content (AvgIpc) is 2.85. The Bertz CT molecular complexity index is 821. The van der Waals surface area contributed by atoms with Crippen molar-refractivity contribution in [1.82, 2.24) is 14.3 Å². The van der Waals surface area contributed by atoms with E-state index in [1.54, 1.807) is 34.8 Å². The molecule has 1 aromatic heterocycles. The molecule has 5 nitrogen and oxygen atoms in total.